The normalized spacial score (nSPS) is 18.0. The summed E-state index contributed by atoms with van der Waals surface area (Å²) in [5, 5.41) is 0. The minimum atomic E-state index is -2.04. The first-order valence-corrected chi connectivity index (χ1v) is 21.1. The lowest BCUT2D eigenvalue weighted by molar-refractivity contribution is 0.590. The molecule has 0 aliphatic heterocycles. The highest BCUT2D eigenvalue weighted by atomic mass is 28.3. The second-order valence-corrected chi connectivity index (χ2v) is 22.4. The van der Waals surface area contributed by atoms with Crippen LogP contribution in [-0.2, 0) is 10.8 Å². The van der Waals surface area contributed by atoms with Crippen LogP contribution in [0.5, 0.6) is 0 Å². The summed E-state index contributed by atoms with van der Waals surface area (Å²) in [5.41, 5.74) is 18.7. The number of allylic oxidation sites excluding steroid dienone is 2. The summed E-state index contributed by atoms with van der Waals surface area (Å²) in [4.78, 5) is 0. The predicted molar refractivity (Wildman–Crippen MR) is 210 cm³/mol. The molecule has 4 aromatic rings. The van der Waals surface area contributed by atoms with Crippen LogP contribution >= 0.6 is 0 Å². The van der Waals surface area contributed by atoms with Crippen molar-refractivity contribution in [3.63, 3.8) is 0 Å². The van der Waals surface area contributed by atoms with E-state index in [0.29, 0.717) is 22.9 Å². The van der Waals surface area contributed by atoms with Gasteiger partial charge in [0.2, 0.25) is 0 Å². The summed E-state index contributed by atoms with van der Waals surface area (Å²) < 4.78 is 0. The Morgan fingerprint density at radius 2 is 0.830 bits per heavy atom. The van der Waals surface area contributed by atoms with Gasteiger partial charge in [-0.15, -0.1) is 0 Å². The third-order valence-corrected chi connectivity index (χ3v) is 15.4. The van der Waals surface area contributed by atoms with Crippen LogP contribution in [0.4, 0.5) is 0 Å². The molecule has 2 unspecified atom stereocenters. The Balaban J connectivity index is 1.46. The first-order valence-electron chi connectivity index (χ1n) is 17.9. The molecule has 2 aliphatic carbocycles. The van der Waals surface area contributed by atoms with E-state index < -0.39 is 8.07 Å². The summed E-state index contributed by atoms with van der Waals surface area (Å²) in [7, 11) is -2.04. The number of benzene rings is 4. The Morgan fingerprint density at radius 3 is 1.13 bits per heavy atom. The number of rotatable bonds is 6. The second-order valence-electron chi connectivity index (χ2n) is 17.6. The minimum Gasteiger partial charge on any atom is -0.0679 e. The molecule has 0 saturated heterocycles. The summed E-state index contributed by atoms with van der Waals surface area (Å²) in [6.45, 7) is 28.8. The lowest BCUT2D eigenvalue weighted by atomic mass is 9.86. The van der Waals surface area contributed by atoms with Crippen molar-refractivity contribution in [2.45, 2.75) is 104 Å². The van der Waals surface area contributed by atoms with Gasteiger partial charge < -0.3 is 0 Å². The summed E-state index contributed by atoms with van der Waals surface area (Å²) in [6, 6.07) is 32.9. The van der Waals surface area contributed by atoms with Crippen molar-refractivity contribution in [3.8, 4) is 22.3 Å². The quantitative estimate of drug-likeness (QED) is 0.185. The Bertz CT molecular complexity index is 1710. The molecule has 244 valence electrons. The summed E-state index contributed by atoms with van der Waals surface area (Å²) in [6.07, 6.45) is 5.18. The van der Waals surface area contributed by atoms with Gasteiger partial charge in [-0.05, 0) is 78.3 Å². The van der Waals surface area contributed by atoms with E-state index in [9.17, 15) is 0 Å². The maximum Gasteiger partial charge on any atom is 0.0722 e. The van der Waals surface area contributed by atoms with Crippen LogP contribution in [-0.4, -0.2) is 8.07 Å². The molecule has 2 aliphatic rings. The number of hydrogen-bond donors (Lipinski definition) is 0. The molecule has 0 saturated carbocycles. The Labute approximate surface area is 287 Å². The van der Waals surface area contributed by atoms with Crippen molar-refractivity contribution in [2.24, 2.45) is 11.8 Å². The molecule has 0 aromatic heterocycles. The average molecular weight is 637 g/mol. The van der Waals surface area contributed by atoms with Crippen LogP contribution in [0.2, 0.25) is 13.1 Å². The van der Waals surface area contributed by atoms with Gasteiger partial charge in [0, 0.05) is 11.1 Å². The van der Waals surface area contributed by atoms with Gasteiger partial charge in [0.1, 0.15) is 0 Å². The molecule has 0 bridgehead atoms. The van der Waals surface area contributed by atoms with Gasteiger partial charge in [-0.25, -0.2) is 0 Å². The van der Waals surface area contributed by atoms with E-state index in [2.05, 4.69) is 179 Å². The van der Waals surface area contributed by atoms with Gasteiger partial charge in [-0.2, -0.15) is 0 Å². The van der Waals surface area contributed by atoms with Crippen LogP contribution in [0.1, 0.15) is 114 Å². The molecule has 0 fully saturated rings. The Hall–Kier alpha value is -3.42. The van der Waals surface area contributed by atoms with E-state index in [-0.39, 0.29) is 10.8 Å². The van der Waals surface area contributed by atoms with Crippen LogP contribution in [0.25, 0.3) is 34.4 Å². The van der Waals surface area contributed by atoms with Gasteiger partial charge >= 0.3 is 0 Å². The van der Waals surface area contributed by atoms with Crippen LogP contribution < -0.4 is 0 Å². The van der Waals surface area contributed by atoms with Gasteiger partial charge in [0.05, 0.1) is 8.07 Å². The number of fused-ring (bicyclic) bond motifs is 2. The Morgan fingerprint density at radius 1 is 0.489 bits per heavy atom. The van der Waals surface area contributed by atoms with E-state index in [1.54, 1.807) is 22.3 Å². The van der Waals surface area contributed by atoms with Gasteiger partial charge in [0.25, 0.3) is 0 Å². The molecule has 0 radical (unpaired) electrons. The SMILES string of the molecule is CC(C)C1=Cc2c(-c3ccc(C(C)(C)C)cc3)cccc2C1[Si](C)(C)C1C(C(C)C)=Cc2c(-c3ccc(C(C)(C)C)cc3)cccc21. The molecule has 0 nitrogen and oxygen atoms in total. The molecule has 2 atom stereocenters. The average Bonchev–Trinajstić information content (AvgIpc) is 3.61. The highest BCUT2D eigenvalue weighted by Gasteiger charge is 2.49. The fraction of sp³-hybridized carbons (Fsp3) is 0.391. The second kappa shape index (κ2) is 11.9. The summed E-state index contributed by atoms with van der Waals surface area (Å²) in [5.74, 6) is 0.991. The molecule has 4 aromatic carbocycles. The summed E-state index contributed by atoms with van der Waals surface area (Å²) >= 11 is 0. The van der Waals surface area contributed by atoms with E-state index in [4.69, 9.17) is 0 Å². The van der Waals surface area contributed by atoms with E-state index in [1.807, 2.05) is 0 Å². The molecule has 0 heterocycles. The maximum atomic E-state index is 2.69. The number of hydrogen-bond acceptors (Lipinski definition) is 0. The fourth-order valence-corrected chi connectivity index (χ4v) is 13.5. The monoisotopic (exact) mass is 636 g/mol. The molecular weight excluding hydrogens is 581 g/mol. The zero-order chi connectivity index (χ0) is 34.1. The topological polar surface area (TPSA) is 0 Å². The molecular formula is C46H56Si. The standard InChI is InChI=1S/C46H56Si/c1-29(2)39-27-41-35(31-19-23-33(24-20-31)45(5,6)7)15-13-17-37(41)43(39)47(11,12)44-38-18-14-16-36(42(38)28-40(44)30(3)4)32-21-25-34(26-22-32)46(8,9)10/h13-30,43-44H,1-12H3. The molecule has 6 rings (SSSR count). The molecule has 0 spiro atoms. The van der Waals surface area contributed by atoms with Crippen molar-refractivity contribution in [3.05, 3.63) is 129 Å². The fourth-order valence-electron chi connectivity index (χ4n) is 8.48. The van der Waals surface area contributed by atoms with Crippen molar-refractivity contribution >= 4 is 20.2 Å². The highest BCUT2D eigenvalue weighted by molar-refractivity contribution is 6.81. The maximum absolute atomic E-state index is 2.69. The zero-order valence-electron chi connectivity index (χ0n) is 31.0. The van der Waals surface area contributed by atoms with Crippen molar-refractivity contribution < 1.29 is 0 Å². The lowest BCUT2D eigenvalue weighted by Crippen LogP contribution is -2.44. The first kappa shape index (κ1) is 33.5. The van der Waals surface area contributed by atoms with Crippen molar-refractivity contribution in [1.82, 2.24) is 0 Å². The third-order valence-electron chi connectivity index (χ3n) is 11.1. The zero-order valence-corrected chi connectivity index (χ0v) is 32.0. The Kier molecular flexibility index (Phi) is 8.49. The molecule has 0 amide bonds. The smallest absolute Gasteiger partial charge is 0.0679 e. The molecule has 1 heteroatoms. The third kappa shape index (κ3) is 5.95. The van der Waals surface area contributed by atoms with Gasteiger partial charge in [-0.1, -0.05) is 191 Å². The highest BCUT2D eigenvalue weighted by Crippen LogP contribution is 2.56. The lowest BCUT2D eigenvalue weighted by Gasteiger charge is -2.41. The molecule has 47 heavy (non-hydrogen) atoms. The van der Waals surface area contributed by atoms with E-state index >= 15 is 0 Å². The van der Waals surface area contributed by atoms with Crippen molar-refractivity contribution in [2.75, 3.05) is 0 Å². The first-order chi connectivity index (χ1) is 22.0. The van der Waals surface area contributed by atoms with Crippen LogP contribution in [0, 0.1) is 11.8 Å². The van der Waals surface area contributed by atoms with Crippen LogP contribution in [0.15, 0.2) is 96.1 Å². The van der Waals surface area contributed by atoms with E-state index in [1.165, 1.54) is 44.5 Å². The van der Waals surface area contributed by atoms with Crippen molar-refractivity contribution in [1.29, 1.82) is 0 Å². The largest absolute Gasteiger partial charge is 0.0722 e. The van der Waals surface area contributed by atoms with E-state index in [0.717, 1.165) is 0 Å². The van der Waals surface area contributed by atoms with Gasteiger partial charge in [-0.3, -0.25) is 0 Å². The minimum absolute atomic E-state index is 0.150. The van der Waals surface area contributed by atoms with Crippen LogP contribution in [0.3, 0.4) is 0 Å². The molecule has 0 N–H and O–H groups in total. The van der Waals surface area contributed by atoms with Gasteiger partial charge in [0.15, 0.2) is 0 Å². The predicted octanol–water partition coefficient (Wildman–Crippen LogP) is 13.4.